The van der Waals surface area contributed by atoms with E-state index < -0.39 is 10.8 Å². The van der Waals surface area contributed by atoms with Crippen molar-refractivity contribution in [3.8, 4) is 0 Å². The van der Waals surface area contributed by atoms with Crippen LogP contribution in [0.4, 0.5) is 0 Å². The third-order valence-corrected chi connectivity index (χ3v) is 5.57. The van der Waals surface area contributed by atoms with Gasteiger partial charge < -0.3 is 10.6 Å². The van der Waals surface area contributed by atoms with Crippen LogP contribution in [0.3, 0.4) is 0 Å². The summed E-state index contributed by atoms with van der Waals surface area (Å²) in [6.45, 7) is 19.2. The van der Waals surface area contributed by atoms with Gasteiger partial charge >= 0.3 is 0 Å². The largest absolute Gasteiger partial charge is 0.351 e. The molecule has 2 N–H and O–H groups in total. The molecule has 27 heavy (non-hydrogen) atoms. The van der Waals surface area contributed by atoms with Crippen molar-refractivity contribution >= 4 is 17.6 Å². The van der Waals surface area contributed by atoms with Crippen LogP contribution in [0.15, 0.2) is 0 Å². The van der Waals surface area contributed by atoms with Gasteiger partial charge in [-0.1, -0.05) is 34.6 Å². The molecule has 0 aromatic carbocycles. The summed E-state index contributed by atoms with van der Waals surface area (Å²) in [7, 11) is 0. The summed E-state index contributed by atoms with van der Waals surface area (Å²) < 4.78 is 0. The Morgan fingerprint density at radius 1 is 0.667 bits per heavy atom. The smallest absolute Gasteiger partial charge is 0.226 e. The lowest BCUT2D eigenvalue weighted by atomic mass is 9.76. The minimum Gasteiger partial charge on any atom is -0.351 e. The van der Waals surface area contributed by atoms with Crippen LogP contribution in [-0.2, 0) is 14.4 Å². The van der Waals surface area contributed by atoms with Crippen molar-refractivity contribution in [2.24, 2.45) is 10.8 Å². The molecule has 0 aliphatic carbocycles. The molecule has 0 aliphatic rings. The van der Waals surface area contributed by atoms with E-state index in [1.807, 2.05) is 62.3 Å². The van der Waals surface area contributed by atoms with Crippen LogP contribution in [-0.4, -0.2) is 28.7 Å². The Bertz CT molecular complexity index is 546. The third kappa shape index (κ3) is 9.39. The zero-order chi connectivity index (χ0) is 21.7. The number of nitrogens with one attached hydrogen (secondary N) is 2. The molecule has 0 atom stereocenters. The molecule has 0 heterocycles. The number of carbonyl (C=O) groups is 3. The maximum absolute atomic E-state index is 12.8. The van der Waals surface area contributed by atoms with Crippen molar-refractivity contribution in [2.75, 3.05) is 0 Å². The first kappa shape index (κ1) is 25.6. The molecule has 0 fully saturated rings. The molecule has 2 amide bonds. The fourth-order valence-electron chi connectivity index (χ4n) is 2.61. The number of hydrogen-bond acceptors (Lipinski definition) is 3. The van der Waals surface area contributed by atoms with E-state index in [0.717, 1.165) is 12.8 Å². The normalized spacial score (nSPS) is 13.3. The van der Waals surface area contributed by atoms with Crippen LogP contribution >= 0.6 is 0 Å². The Labute approximate surface area is 166 Å². The highest BCUT2D eigenvalue weighted by Gasteiger charge is 2.35. The quantitative estimate of drug-likeness (QED) is 0.556. The minimum atomic E-state index is -0.546. The van der Waals surface area contributed by atoms with Gasteiger partial charge in [-0.25, -0.2) is 0 Å². The molecule has 158 valence electrons. The molecule has 0 aromatic rings. The summed E-state index contributed by atoms with van der Waals surface area (Å²) in [6.07, 6.45) is 3.32. The lowest BCUT2D eigenvalue weighted by molar-refractivity contribution is -0.133. The first-order valence-corrected chi connectivity index (χ1v) is 10.1. The van der Waals surface area contributed by atoms with Gasteiger partial charge in [0.25, 0.3) is 0 Å². The molecular formula is C22H42N2O3. The van der Waals surface area contributed by atoms with Crippen molar-refractivity contribution in [2.45, 2.75) is 112 Å². The van der Waals surface area contributed by atoms with Crippen molar-refractivity contribution in [1.29, 1.82) is 0 Å². The zero-order valence-electron chi connectivity index (χ0n) is 19.3. The Kier molecular flexibility index (Phi) is 8.73. The average molecular weight is 383 g/mol. The molecule has 0 saturated carbocycles. The molecule has 0 radical (unpaired) electrons. The average Bonchev–Trinajstić information content (AvgIpc) is 2.50. The molecule has 0 unspecified atom stereocenters. The van der Waals surface area contributed by atoms with E-state index in [1.54, 1.807) is 6.92 Å². The van der Waals surface area contributed by atoms with Crippen molar-refractivity contribution in [3.63, 3.8) is 0 Å². The van der Waals surface area contributed by atoms with Gasteiger partial charge in [0.15, 0.2) is 0 Å². The summed E-state index contributed by atoms with van der Waals surface area (Å²) >= 11 is 0. The zero-order valence-corrected chi connectivity index (χ0v) is 19.3. The molecule has 5 heteroatoms. The first-order chi connectivity index (χ1) is 11.9. The SMILES string of the molecule is CCC(=O)NC(C)(C)CCC(C)(C)NC(=O)C(C)(C)CCC(C)(C)C(C)=O. The lowest BCUT2D eigenvalue weighted by Crippen LogP contribution is -2.51. The lowest BCUT2D eigenvalue weighted by Gasteiger charge is -2.36. The highest BCUT2D eigenvalue weighted by molar-refractivity contribution is 5.83. The Morgan fingerprint density at radius 2 is 1.07 bits per heavy atom. The van der Waals surface area contributed by atoms with Gasteiger partial charge in [-0.15, -0.1) is 0 Å². The first-order valence-electron chi connectivity index (χ1n) is 10.1. The van der Waals surface area contributed by atoms with Crippen LogP contribution in [0.5, 0.6) is 0 Å². The predicted octanol–water partition coefficient (Wildman–Crippen LogP) is 4.39. The number of rotatable bonds is 11. The van der Waals surface area contributed by atoms with Crippen molar-refractivity contribution in [1.82, 2.24) is 10.6 Å². The van der Waals surface area contributed by atoms with Crippen LogP contribution in [0.2, 0.25) is 0 Å². The van der Waals surface area contributed by atoms with E-state index in [4.69, 9.17) is 0 Å². The van der Waals surface area contributed by atoms with Crippen molar-refractivity contribution < 1.29 is 14.4 Å². The van der Waals surface area contributed by atoms with E-state index >= 15 is 0 Å². The maximum atomic E-state index is 12.8. The van der Waals surface area contributed by atoms with E-state index in [-0.39, 0.29) is 28.7 Å². The summed E-state index contributed by atoms with van der Waals surface area (Å²) in [6, 6.07) is 0. The summed E-state index contributed by atoms with van der Waals surface area (Å²) in [4.78, 5) is 36.2. The van der Waals surface area contributed by atoms with Crippen LogP contribution < -0.4 is 10.6 Å². The standard InChI is InChI=1S/C22H42N2O3/c1-11-17(26)23-21(7,8)14-15-22(9,10)24-18(27)20(5,6)13-12-19(3,4)16(2)25/h11-15H2,1-10H3,(H,23,26)(H,24,27). The molecule has 0 saturated heterocycles. The number of amides is 2. The molecule has 0 spiro atoms. The Balaban J connectivity index is 4.80. The molecule has 0 rings (SSSR count). The van der Waals surface area contributed by atoms with Gasteiger partial charge in [0, 0.05) is 28.3 Å². The van der Waals surface area contributed by atoms with Crippen LogP contribution in [0.1, 0.15) is 101 Å². The minimum absolute atomic E-state index is 0.00209. The summed E-state index contributed by atoms with van der Waals surface area (Å²) in [5.74, 6) is 0.189. The number of ketones is 1. The van der Waals surface area contributed by atoms with Crippen molar-refractivity contribution in [3.05, 3.63) is 0 Å². The second kappa shape index (κ2) is 9.20. The van der Waals surface area contributed by atoms with Gasteiger partial charge in [-0.05, 0) is 60.3 Å². The van der Waals surface area contributed by atoms with Gasteiger partial charge in [-0.2, -0.15) is 0 Å². The predicted molar refractivity (Wildman–Crippen MR) is 111 cm³/mol. The van der Waals surface area contributed by atoms with Crippen LogP contribution in [0, 0.1) is 10.8 Å². The Morgan fingerprint density at radius 3 is 1.48 bits per heavy atom. The second-order valence-corrected chi connectivity index (χ2v) is 10.4. The number of carbonyl (C=O) groups excluding carboxylic acids is 3. The molecule has 0 aromatic heterocycles. The fourth-order valence-corrected chi connectivity index (χ4v) is 2.61. The molecule has 0 aliphatic heterocycles. The molecular weight excluding hydrogens is 340 g/mol. The van der Waals surface area contributed by atoms with E-state index in [2.05, 4.69) is 10.6 Å². The second-order valence-electron chi connectivity index (χ2n) is 10.4. The summed E-state index contributed by atoms with van der Waals surface area (Å²) in [5.41, 5.74) is -1.64. The van der Waals surface area contributed by atoms with E-state index in [1.165, 1.54) is 0 Å². The van der Waals surface area contributed by atoms with Gasteiger partial charge in [-0.3, -0.25) is 14.4 Å². The Hall–Kier alpha value is -1.39. The molecule has 0 bridgehead atoms. The highest BCUT2D eigenvalue weighted by Crippen LogP contribution is 2.32. The van der Waals surface area contributed by atoms with Gasteiger partial charge in [0.05, 0.1) is 0 Å². The van der Waals surface area contributed by atoms with E-state index in [9.17, 15) is 14.4 Å². The highest BCUT2D eigenvalue weighted by atomic mass is 16.2. The molecule has 5 nitrogen and oxygen atoms in total. The van der Waals surface area contributed by atoms with Crippen LogP contribution in [0.25, 0.3) is 0 Å². The number of hydrogen-bond donors (Lipinski definition) is 2. The van der Waals surface area contributed by atoms with Gasteiger partial charge in [0.1, 0.15) is 5.78 Å². The number of Topliss-reactive ketones (excluding diaryl/α,β-unsaturated/α-hetero) is 1. The monoisotopic (exact) mass is 382 g/mol. The maximum Gasteiger partial charge on any atom is 0.226 e. The topological polar surface area (TPSA) is 75.3 Å². The summed E-state index contributed by atoms with van der Waals surface area (Å²) in [5, 5.41) is 6.19. The third-order valence-electron chi connectivity index (χ3n) is 5.57. The fraction of sp³-hybridized carbons (Fsp3) is 0.864. The van der Waals surface area contributed by atoms with E-state index in [0.29, 0.717) is 19.3 Å². The van der Waals surface area contributed by atoms with Gasteiger partial charge in [0.2, 0.25) is 11.8 Å².